The summed E-state index contributed by atoms with van der Waals surface area (Å²) >= 11 is 0. The molecule has 2 unspecified atom stereocenters. The summed E-state index contributed by atoms with van der Waals surface area (Å²) in [7, 11) is -1.16. The molecule has 17 heavy (non-hydrogen) atoms. The fourth-order valence-electron chi connectivity index (χ4n) is 1.64. The van der Waals surface area contributed by atoms with E-state index in [1.807, 2.05) is 13.8 Å². The molecule has 1 aliphatic rings. The molecule has 0 amide bonds. The van der Waals surface area contributed by atoms with Gasteiger partial charge in [0.25, 0.3) is 0 Å². The van der Waals surface area contributed by atoms with Crippen molar-refractivity contribution in [2.45, 2.75) is 51.9 Å². The van der Waals surface area contributed by atoms with Crippen LogP contribution in [0.3, 0.4) is 0 Å². The van der Waals surface area contributed by atoms with Gasteiger partial charge in [-0.15, -0.1) is 0 Å². The lowest BCUT2D eigenvalue weighted by atomic mass is 10.2. The second-order valence-electron chi connectivity index (χ2n) is 4.14. The molecular weight excluding hydrogens is 236 g/mol. The van der Waals surface area contributed by atoms with Gasteiger partial charge in [-0.3, -0.25) is 0 Å². The largest absolute Gasteiger partial charge is 0.394 e. The highest BCUT2D eigenvalue weighted by molar-refractivity contribution is 6.44. The van der Waals surface area contributed by atoms with Gasteiger partial charge in [0.15, 0.2) is 0 Å². The second kappa shape index (κ2) is 9.05. The van der Waals surface area contributed by atoms with Gasteiger partial charge in [-0.1, -0.05) is 13.3 Å². The van der Waals surface area contributed by atoms with Crippen molar-refractivity contribution in [1.82, 2.24) is 0 Å². The van der Waals surface area contributed by atoms with Gasteiger partial charge in [0.1, 0.15) is 6.10 Å². The van der Waals surface area contributed by atoms with Gasteiger partial charge >= 0.3 is 9.28 Å². The Morgan fingerprint density at radius 1 is 1.24 bits per heavy atom. The Balaban J connectivity index is 2.26. The maximum absolute atomic E-state index is 5.87. The molecule has 1 aliphatic heterocycles. The van der Waals surface area contributed by atoms with Gasteiger partial charge in [0.2, 0.25) is 0 Å². The van der Waals surface area contributed by atoms with Crippen molar-refractivity contribution in [3.8, 4) is 0 Å². The summed E-state index contributed by atoms with van der Waals surface area (Å²) in [6, 6.07) is 0.910. The molecule has 0 N–H and O–H groups in total. The monoisotopic (exact) mass is 261 g/mol. The maximum atomic E-state index is 5.87. The first-order chi connectivity index (χ1) is 8.30. The average molecular weight is 261 g/mol. The Bertz CT molecular complexity index is 181. The van der Waals surface area contributed by atoms with Crippen LogP contribution in [0.4, 0.5) is 0 Å². The summed E-state index contributed by atoms with van der Waals surface area (Å²) in [6.45, 7) is 9.22. The van der Waals surface area contributed by atoms with Crippen LogP contribution >= 0.6 is 0 Å². The van der Waals surface area contributed by atoms with Crippen molar-refractivity contribution in [3.05, 3.63) is 0 Å². The van der Waals surface area contributed by atoms with E-state index in [0.717, 1.165) is 45.3 Å². The number of epoxide rings is 1. The van der Waals surface area contributed by atoms with E-state index in [2.05, 4.69) is 6.92 Å². The van der Waals surface area contributed by atoms with Crippen LogP contribution in [0.5, 0.6) is 0 Å². The van der Waals surface area contributed by atoms with Crippen molar-refractivity contribution in [2.24, 2.45) is 0 Å². The Labute approximate surface area is 106 Å². The summed E-state index contributed by atoms with van der Waals surface area (Å²) in [5.41, 5.74) is 0. The normalized spacial score (nSPS) is 20.8. The lowest BCUT2D eigenvalue weighted by Gasteiger charge is -2.20. The summed E-state index contributed by atoms with van der Waals surface area (Å²) in [5.74, 6) is 0. The SMILES string of the molecule is CCCC(C[Si](OCC)OCC)OCC1CO1. The molecule has 2 atom stereocenters. The molecule has 4 nitrogen and oxygen atoms in total. The first-order valence-electron chi connectivity index (χ1n) is 6.64. The second-order valence-corrected chi connectivity index (χ2v) is 5.87. The van der Waals surface area contributed by atoms with Crippen LogP contribution in [-0.4, -0.2) is 47.9 Å². The Morgan fingerprint density at radius 3 is 2.35 bits per heavy atom. The Kier molecular flexibility index (Phi) is 8.05. The Morgan fingerprint density at radius 2 is 1.88 bits per heavy atom. The van der Waals surface area contributed by atoms with Crippen LogP contribution in [0.25, 0.3) is 0 Å². The maximum Gasteiger partial charge on any atom is 0.387 e. The van der Waals surface area contributed by atoms with Gasteiger partial charge in [-0.2, -0.15) is 0 Å². The molecule has 1 fully saturated rings. The van der Waals surface area contributed by atoms with Crippen LogP contribution in [0.15, 0.2) is 0 Å². The molecule has 0 aromatic carbocycles. The predicted molar refractivity (Wildman–Crippen MR) is 68.2 cm³/mol. The summed E-state index contributed by atoms with van der Waals surface area (Å²) in [6.07, 6.45) is 2.80. The first-order valence-corrected chi connectivity index (χ1v) is 8.17. The summed E-state index contributed by atoms with van der Waals surface area (Å²) in [4.78, 5) is 0. The van der Waals surface area contributed by atoms with E-state index in [1.165, 1.54) is 0 Å². The molecule has 0 aromatic heterocycles. The van der Waals surface area contributed by atoms with Gasteiger partial charge in [0, 0.05) is 19.3 Å². The van der Waals surface area contributed by atoms with Gasteiger partial charge in [-0.25, -0.2) is 0 Å². The molecule has 1 radical (unpaired) electrons. The summed E-state index contributed by atoms with van der Waals surface area (Å²) < 4.78 is 22.3. The minimum atomic E-state index is -1.16. The third kappa shape index (κ3) is 7.16. The van der Waals surface area contributed by atoms with Gasteiger partial charge in [-0.05, 0) is 20.3 Å². The fraction of sp³-hybridized carbons (Fsp3) is 1.00. The van der Waals surface area contributed by atoms with Gasteiger partial charge < -0.3 is 18.3 Å². The zero-order valence-corrected chi connectivity index (χ0v) is 12.2. The van der Waals surface area contributed by atoms with E-state index in [9.17, 15) is 0 Å². The van der Waals surface area contributed by atoms with E-state index >= 15 is 0 Å². The smallest absolute Gasteiger partial charge is 0.387 e. The molecule has 0 aromatic rings. The molecule has 1 saturated heterocycles. The quantitative estimate of drug-likeness (QED) is 0.422. The van der Waals surface area contributed by atoms with Crippen LogP contribution in [0, 0.1) is 0 Å². The molecular formula is C12H25O4Si. The fourth-order valence-corrected chi connectivity index (χ4v) is 3.30. The molecule has 0 aliphatic carbocycles. The molecule has 101 valence electrons. The molecule has 1 heterocycles. The first kappa shape index (κ1) is 15.1. The number of hydrogen-bond acceptors (Lipinski definition) is 4. The van der Waals surface area contributed by atoms with Gasteiger partial charge in [0.05, 0.1) is 19.3 Å². The lowest BCUT2D eigenvalue weighted by Crippen LogP contribution is -2.30. The van der Waals surface area contributed by atoms with E-state index < -0.39 is 9.28 Å². The van der Waals surface area contributed by atoms with Crippen LogP contribution in [-0.2, 0) is 18.3 Å². The average Bonchev–Trinajstić information content (AvgIpc) is 3.10. The minimum Gasteiger partial charge on any atom is -0.394 e. The number of rotatable bonds is 11. The van der Waals surface area contributed by atoms with E-state index in [1.54, 1.807) is 0 Å². The standard InChI is InChI=1S/C12H25O4Si/c1-4-7-11(13-8-12-9-14-12)10-17(15-5-2)16-6-3/h11-12H,4-10H2,1-3H3. The number of hydrogen-bond donors (Lipinski definition) is 0. The third-order valence-corrected chi connectivity index (χ3v) is 4.55. The van der Waals surface area contributed by atoms with E-state index in [0.29, 0.717) is 6.10 Å². The van der Waals surface area contributed by atoms with Crippen molar-refractivity contribution in [2.75, 3.05) is 26.4 Å². The van der Waals surface area contributed by atoms with E-state index in [-0.39, 0.29) is 6.10 Å². The lowest BCUT2D eigenvalue weighted by molar-refractivity contribution is 0.0419. The Hall–Kier alpha value is 0.0569. The zero-order chi connectivity index (χ0) is 12.5. The molecule has 0 spiro atoms. The summed E-state index contributed by atoms with van der Waals surface area (Å²) in [5, 5.41) is 0. The molecule has 1 rings (SSSR count). The van der Waals surface area contributed by atoms with Crippen LogP contribution in [0.1, 0.15) is 33.6 Å². The highest BCUT2D eigenvalue weighted by atomic mass is 28.3. The minimum absolute atomic E-state index is 0.260. The molecule has 0 saturated carbocycles. The highest BCUT2D eigenvalue weighted by Gasteiger charge is 2.26. The topological polar surface area (TPSA) is 40.2 Å². The van der Waals surface area contributed by atoms with Crippen molar-refractivity contribution in [1.29, 1.82) is 0 Å². The zero-order valence-electron chi connectivity index (χ0n) is 11.2. The van der Waals surface area contributed by atoms with E-state index in [4.69, 9.17) is 18.3 Å². The highest BCUT2D eigenvalue weighted by Crippen LogP contribution is 2.16. The van der Waals surface area contributed by atoms with Crippen LogP contribution < -0.4 is 0 Å². The predicted octanol–water partition coefficient (Wildman–Crippen LogP) is 2.13. The van der Waals surface area contributed by atoms with Crippen molar-refractivity contribution < 1.29 is 18.3 Å². The van der Waals surface area contributed by atoms with Crippen LogP contribution in [0.2, 0.25) is 6.04 Å². The molecule has 5 heteroatoms. The molecule has 0 bridgehead atoms. The number of ether oxygens (including phenoxy) is 2. The van der Waals surface area contributed by atoms with Crippen molar-refractivity contribution >= 4 is 9.28 Å². The third-order valence-electron chi connectivity index (χ3n) is 2.54. The van der Waals surface area contributed by atoms with Crippen molar-refractivity contribution in [3.63, 3.8) is 0 Å².